The number of aryl methyl sites for hydroxylation is 1. The number of nitrogens with zero attached hydrogens (tertiary/aromatic N) is 3. The molecule has 3 aromatic rings. The predicted molar refractivity (Wildman–Crippen MR) is 111 cm³/mol. The van der Waals surface area contributed by atoms with Crippen molar-refractivity contribution in [1.82, 2.24) is 14.4 Å². The second-order valence-electron chi connectivity index (χ2n) is 7.18. The zero-order valence-corrected chi connectivity index (χ0v) is 17.3. The van der Waals surface area contributed by atoms with Crippen molar-refractivity contribution in [2.75, 3.05) is 13.1 Å². The number of furan rings is 1. The fraction of sp³-hybridized carbons (Fsp3) is 0.304. The van der Waals surface area contributed by atoms with Crippen LogP contribution in [0.5, 0.6) is 0 Å². The Kier molecular flexibility index (Phi) is 7.06. The van der Waals surface area contributed by atoms with Gasteiger partial charge in [0.25, 0.3) is 5.91 Å². The summed E-state index contributed by atoms with van der Waals surface area (Å²) < 4.78 is 20.9. The molecule has 2 amide bonds. The van der Waals surface area contributed by atoms with Crippen molar-refractivity contribution in [3.8, 4) is 0 Å². The van der Waals surface area contributed by atoms with Crippen LogP contribution in [0.15, 0.2) is 65.4 Å². The highest BCUT2D eigenvalue weighted by Crippen LogP contribution is 2.14. The van der Waals surface area contributed by atoms with Crippen molar-refractivity contribution < 1.29 is 18.4 Å². The van der Waals surface area contributed by atoms with Gasteiger partial charge in [-0.25, -0.2) is 4.39 Å². The number of rotatable bonds is 9. The molecule has 30 heavy (non-hydrogen) atoms. The molecule has 0 aliphatic rings. The summed E-state index contributed by atoms with van der Waals surface area (Å²) in [5.41, 5.74) is 1.20. The first-order chi connectivity index (χ1) is 14.5. The van der Waals surface area contributed by atoms with Crippen LogP contribution in [0.3, 0.4) is 0 Å². The zero-order valence-electron chi connectivity index (χ0n) is 17.3. The first kappa shape index (κ1) is 21.4. The fourth-order valence-electron chi connectivity index (χ4n) is 3.27. The van der Waals surface area contributed by atoms with E-state index in [4.69, 9.17) is 4.42 Å². The molecule has 0 bridgehead atoms. The molecule has 0 spiro atoms. The molecule has 0 saturated carbocycles. The standard InChI is InChI=1S/C23H26FN3O3/c1-3-11-26(23(29)18-7-4-8-19(24)14-18)17-22(28)27(16-21-10-6-13-30-21)15-20-9-5-12-25(20)2/h4-10,12-14H,3,11,15-17H2,1-2H3. The smallest absolute Gasteiger partial charge is 0.254 e. The van der Waals surface area contributed by atoms with Gasteiger partial charge in [-0.1, -0.05) is 13.0 Å². The van der Waals surface area contributed by atoms with Gasteiger partial charge in [0.15, 0.2) is 0 Å². The maximum atomic E-state index is 13.6. The van der Waals surface area contributed by atoms with Crippen molar-refractivity contribution in [1.29, 1.82) is 0 Å². The highest BCUT2D eigenvalue weighted by atomic mass is 19.1. The van der Waals surface area contributed by atoms with Crippen molar-refractivity contribution in [3.63, 3.8) is 0 Å². The quantitative estimate of drug-likeness (QED) is 0.538. The van der Waals surface area contributed by atoms with Crippen molar-refractivity contribution in [2.24, 2.45) is 7.05 Å². The van der Waals surface area contributed by atoms with Crippen LogP contribution >= 0.6 is 0 Å². The highest BCUT2D eigenvalue weighted by Gasteiger charge is 2.23. The lowest BCUT2D eigenvalue weighted by molar-refractivity contribution is -0.133. The van der Waals surface area contributed by atoms with Crippen LogP contribution < -0.4 is 0 Å². The molecule has 0 fully saturated rings. The van der Waals surface area contributed by atoms with Crippen molar-refractivity contribution >= 4 is 11.8 Å². The molecule has 2 heterocycles. The summed E-state index contributed by atoms with van der Waals surface area (Å²) in [6.07, 6.45) is 4.17. The number of hydrogen-bond acceptors (Lipinski definition) is 3. The molecular weight excluding hydrogens is 385 g/mol. The predicted octanol–water partition coefficient (Wildman–Crippen LogP) is 3.84. The Labute approximate surface area is 175 Å². The minimum atomic E-state index is -0.480. The van der Waals surface area contributed by atoms with E-state index in [-0.39, 0.29) is 23.9 Å². The summed E-state index contributed by atoms with van der Waals surface area (Å²) >= 11 is 0. The Hall–Kier alpha value is -3.35. The summed E-state index contributed by atoms with van der Waals surface area (Å²) in [7, 11) is 1.92. The molecule has 0 unspecified atom stereocenters. The third kappa shape index (κ3) is 5.37. The monoisotopic (exact) mass is 411 g/mol. The normalized spacial score (nSPS) is 10.8. The van der Waals surface area contributed by atoms with Gasteiger partial charge in [0, 0.05) is 31.0 Å². The van der Waals surface area contributed by atoms with E-state index in [2.05, 4.69) is 0 Å². The molecule has 0 N–H and O–H groups in total. The summed E-state index contributed by atoms with van der Waals surface area (Å²) in [5.74, 6) is -0.379. The third-order valence-electron chi connectivity index (χ3n) is 4.86. The number of amides is 2. The molecule has 7 heteroatoms. The average molecular weight is 411 g/mol. The van der Waals surface area contributed by atoms with E-state index in [1.165, 1.54) is 23.1 Å². The number of aromatic nitrogens is 1. The summed E-state index contributed by atoms with van der Waals surface area (Å²) in [6.45, 7) is 2.93. The van der Waals surface area contributed by atoms with Crippen LogP contribution in [-0.4, -0.2) is 39.3 Å². The minimum absolute atomic E-state index is 0.0890. The molecule has 0 aliphatic heterocycles. The first-order valence-electron chi connectivity index (χ1n) is 9.93. The molecule has 0 atom stereocenters. The molecule has 0 aliphatic carbocycles. The summed E-state index contributed by atoms with van der Waals surface area (Å²) in [4.78, 5) is 29.2. The van der Waals surface area contributed by atoms with Crippen molar-refractivity contribution in [3.05, 3.63) is 83.8 Å². The van der Waals surface area contributed by atoms with Gasteiger partial charge in [-0.05, 0) is 48.9 Å². The van der Waals surface area contributed by atoms with Gasteiger partial charge in [0.05, 0.1) is 19.4 Å². The Morgan fingerprint density at radius 3 is 2.53 bits per heavy atom. The molecule has 3 rings (SSSR count). The molecule has 158 valence electrons. The third-order valence-corrected chi connectivity index (χ3v) is 4.86. The van der Waals surface area contributed by atoms with Crippen LogP contribution in [0, 0.1) is 5.82 Å². The van der Waals surface area contributed by atoms with Gasteiger partial charge in [-0.15, -0.1) is 0 Å². The van der Waals surface area contributed by atoms with Crippen LogP contribution in [-0.2, 0) is 24.9 Å². The largest absolute Gasteiger partial charge is 0.467 e. The Balaban J connectivity index is 1.78. The molecule has 2 aromatic heterocycles. The van der Waals surface area contributed by atoms with E-state index in [0.29, 0.717) is 31.8 Å². The van der Waals surface area contributed by atoms with Gasteiger partial charge in [-0.2, -0.15) is 0 Å². The van der Waals surface area contributed by atoms with E-state index in [1.807, 2.05) is 42.9 Å². The van der Waals surface area contributed by atoms with Gasteiger partial charge < -0.3 is 18.8 Å². The first-order valence-corrected chi connectivity index (χ1v) is 9.93. The van der Waals surface area contributed by atoms with Gasteiger partial charge in [-0.3, -0.25) is 9.59 Å². The SMILES string of the molecule is CCCN(CC(=O)N(Cc1ccco1)Cc1cccn1C)C(=O)c1cccc(F)c1. The van der Waals surface area contributed by atoms with E-state index in [9.17, 15) is 14.0 Å². The summed E-state index contributed by atoms with van der Waals surface area (Å²) in [5, 5.41) is 0. The molecule has 0 radical (unpaired) electrons. The van der Waals surface area contributed by atoms with Crippen molar-refractivity contribution in [2.45, 2.75) is 26.4 Å². The second kappa shape index (κ2) is 9.91. The van der Waals surface area contributed by atoms with E-state index in [1.54, 1.807) is 23.3 Å². The highest BCUT2D eigenvalue weighted by molar-refractivity contribution is 5.96. The van der Waals surface area contributed by atoms with Crippen LogP contribution in [0.4, 0.5) is 4.39 Å². The van der Waals surface area contributed by atoms with Gasteiger partial charge >= 0.3 is 0 Å². The maximum Gasteiger partial charge on any atom is 0.254 e. The van der Waals surface area contributed by atoms with Crippen LogP contribution in [0.25, 0.3) is 0 Å². The lowest BCUT2D eigenvalue weighted by Crippen LogP contribution is -2.43. The van der Waals surface area contributed by atoms with Gasteiger partial charge in [0.2, 0.25) is 5.91 Å². The molecule has 1 aromatic carbocycles. The lowest BCUT2D eigenvalue weighted by Gasteiger charge is -2.27. The molecule has 0 saturated heterocycles. The average Bonchev–Trinajstić information content (AvgIpc) is 3.38. The number of halogens is 1. The molecular formula is C23H26FN3O3. The topological polar surface area (TPSA) is 58.7 Å². The Bertz CT molecular complexity index is 981. The zero-order chi connectivity index (χ0) is 21.5. The Morgan fingerprint density at radius 2 is 1.90 bits per heavy atom. The van der Waals surface area contributed by atoms with E-state index < -0.39 is 5.82 Å². The lowest BCUT2D eigenvalue weighted by atomic mass is 10.2. The van der Waals surface area contributed by atoms with Crippen LogP contribution in [0.2, 0.25) is 0 Å². The van der Waals surface area contributed by atoms with E-state index >= 15 is 0 Å². The molecule has 6 nitrogen and oxygen atoms in total. The van der Waals surface area contributed by atoms with Gasteiger partial charge in [0.1, 0.15) is 18.1 Å². The number of carbonyl (C=O) groups excluding carboxylic acids is 2. The maximum absolute atomic E-state index is 13.6. The second-order valence-corrected chi connectivity index (χ2v) is 7.18. The van der Waals surface area contributed by atoms with Crippen LogP contribution in [0.1, 0.15) is 35.2 Å². The Morgan fingerprint density at radius 1 is 1.07 bits per heavy atom. The number of benzene rings is 1. The number of hydrogen-bond donors (Lipinski definition) is 0. The van der Waals surface area contributed by atoms with E-state index in [0.717, 1.165) is 5.69 Å². The minimum Gasteiger partial charge on any atom is -0.467 e. The fourth-order valence-corrected chi connectivity index (χ4v) is 3.27. The number of carbonyl (C=O) groups is 2. The summed E-state index contributed by atoms with van der Waals surface area (Å²) in [6, 6.07) is 13.0.